The molecule has 0 aliphatic rings. The Labute approximate surface area is 163 Å². The van der Waals surface area contributed by atoms with Crippen molar-refractivity contribution in [2.24, 2.45) is 5.10 Å². The lowest BCUT2D eigenvalue weighted by Crippen LogP contribution is -2.37. The van der Waals surface area contributed by atoms with Crippen molar-refractivity contribution in [3.05, 3.63) is 95.4 Å². The van der Waals surface area contributed by atoms with E-state index in [0.717, 1.165) is 16.9 Å². The number of aryl methyl sites for hydroxylation is 1. The first-order valence-corrected chi connectivity index (χ1v) is 8.89. The third-order valence-corrected chi connectivity index (χ3v) is 4.09. The number of carbonyl (C=O) groups excluding carboxylic acids is 2. The molecule has 0 aliphatic heterocycles. The zero-order valence-electron chi connectivity index (χ0n) is 15.5. The van der Waals surface area contributed by atoms with Crippen molar-refractivity contribution in [3.8, 4) is 0 Å². The Morgan fingerprint density at radius 2 is 1.57 bits per heavy atom. The van der Waals surface area contributed by atoms with Crippen LogP contribution < -0.4 is 10.7 Å². The molecule has 0 spiro atoms. The Kier molecular flexibility index (Phi) is 6.36. The smallest absolute Gasteiger partial charge is 0.259 e. The van der Waals surface area contributed by atoms with E-state index in [1.54, 1.807) is 12.1 Å². The summed E-state index contributed by atoms with van der Waals surface area (Å²) in [5.41, 5.74) is 4.09. The maximum absolute atomic E-state index is 12.8. The van der Waals surface area contributed by atoms with Gasteiger partial charge in [-0.15, -0.1) is 0 Å². The van der Waals surface area contributed by atoms with Crippen molar-refractivity contribution in [3.63, 3.8) is 0 Å². The average molecular weight is 375 g/mol. The van der Waals surface area contributed by atoms with E-state index in [0.29, 0.717) is 5.76 Å². The van der Waals surface area contributed by atoms with Gasteiger partial charge in [-0.1, -0.05) is 60.7 Å². The molecule has 3 rings (SSSR count). The molecule has 1 heterocycles. The summed E-state index contributed by atoms with van der Waals surface area (Å²) in [5, 5.41) is 6.51. The molecule has 0 radical (unpaired) electrons. The molecular weight excluding hydrogens is 354 g/mol. The summed E-state index contributed by atoms with van der Waals surface area (Å²) in [6, 6.07) is 22.5. The van der Waals surface area contributed by atoms with Gasteiger partial charge in [-0.2, -0.15) is 5.10 Å². The Bertz CT molecular complexity index is 910. The van der Waals surface area contributed by atoms with E-state index in [1.165, 1.54) is 6.21 Å². The molecule has 28 heavy (non-hydrogen) atoms. The summed E-state index contributed by atoms with van der Waals surface area (Å²) >= 11 is 0. The molecule has 1 aromatic heterocycles. The monoisotopic (exact) mass is 375 g/mol. The van der Waals surface area contributed by atoms with Gasteiger partial charge in [0.05, 0.1) is 18.7 Å². The molecule has 2 aromatic carbocycles. The fraction of sp³-hybridized carbons (Fsp3) is 0.136. The molecule has 0 aliphatic carbocycles. The van der Waals surface area contributed by atoms with Crippen LogP contribution in [-0.4, -0.2) is 24.6 Å². The lowest BCUT2D eigenvalue weighted by molar-refractivity contribution is -0.126. The van der Waals surface area contributed by atoms with Crippen LogP contribution in [0.3, 0.4) is 0 Å². The van der Waals surface area contributed by atoms with Gasteiger partial charge in [-0.3, -0.25) is 9.59 Å². The van der Waals surface area contributed by atoms with Crippen LogP contribution in [0.1, 0.15) is 28.6 Å². The molecule has 3 aromatic rings. The first-order valence-electron chi connectivity index (χ1n) is 8.89. The van der Waals surface area contributed by atoms with Crippen molar-refractivity contribution in [2.45, 2.75) is 12.8 Å². The van der Waals surface area contributed by atoms with E-state index in [2.05, 4.69) is 15.8 Å². The zero-order valence-corrected chi connectivity index (χ0v) is 15.5. The lowest BCUT2D eigenvalue weighted by atomic mass is 9.90. The van der Waals surface area contributed by atoms with Crippen LogP contribution in [0, 0.1) is 6.92 Å². The van der Waals surface area contributed by atoms with Gasteiger partial charge < -0.3 is 9.73 Å². The Morgan fingerprint density at radius 1 is 0.964 bits per heavy atom. The maximum atomic E-state index is 12.8. The van der Waals surface area contributed by atoms with Gasteiger partial charge in [-0.05, 0) is 30.2 Å². The van der Waals surface area contributed by atoms with Crippen LogP contribution in [0.4, 0.5) is 0 Å². The first kappa shape index (κ1) is 19.1. The number of hydrazone groups is 1. The molecule has 0 saturated carbocycles. The van der Waals surface area contributed by atoms with Crippen LogP contribution in [0.15, 0.2) is 82.3 Å². The molecule has 0 fully saturated rings. The second-order valence-electron chi connectivity index (χ2n) is 6.21. The third kappa shape index (κ3) is 5.17. The second kappa shape index (κ2) is 9.32. The molecule has 142 valence electrons. The summed E-state index contributed by atoms with van der Waals surface area (Å²) < 4.78 is 5.32. The van der Waals surface area contributed by atoms with Crippen molar-refractivity contribution in [1.82, 2.24) is 10.7 Å². The quantitative estimate of drug-likeness (QED) is 0.492. The van der Waals surface area contributed by atoms with Gasteiger partial charge in [0.15, 0.2) is 0 Å². The molecule has 0 bridgehead atoms. The molecule has 2 N–H and O–H groups in total. The average Bonchev–Trinajstić information content (AvgIpc) is 3.13. The maximum Gasteiger partial charge on any atom is 0.259 e. The highest BCUT2D eigenvalue weighted by Crippen LogP contribution is 2.24. The van der Waals surface area contributed by atoms with E-state index >= 15 is 0 Å². The largest absolute Gasteiger partial charge is 0.460 e. The minimum atomic E-state index is -0.496. The summed E-state index contributed by atoms with van der Waals surface area (Å²) in [6.45, 7) is 1.64. The summed E-state index contributed by atoms with van der Waals surface area (Å²) in [6.07, 6.45) is 1.41. The number of hydrogen-bond donors (Lipinski definition) is 2. The minimum absolute atomic E-state index is 0.177. The molecule has 6 nitrogen and oxygen atoms in total. The van der Waals surface area contributed by atoms with Crippen LogP contribution >= 0.6 is 0 Å². The van der Waals surface area contributed by atoms with Gasteiger partial charge in [0, 0.05) is 0 Å². The van der Waals surface area contributed by atoms with Gasteiger partial charge in [-0.25, -0.2) is 5.43 Å². The fourth-order valence-corrected chi connectivity index (χ4v) is 2.79. The second-order valence-corrected chi connectivity index (χ2v) is 6.21. The van der Waals surface area contributed by atoms with Crippen LogP contribution in [0.5, 0.6) is 0 Å². The van der Waals surface area contributed by atoms with Crippen molar-refractivity contribution in [1.29, 1.82) is 0 Å². The number of hydrogen-bond acceptors (Lipinski definition) is 4. The van der Waals surface area contributed by atoms with Crippen LogP contribution in [0.2, 0.25) is 0 Å². The van der Waals surface area contributed by atoms with E-state index < -0.39 is 11.8 Å². The number of carbonyl (C=O) groups is 2. The standard InChI is InChI=1S/C22H21N3O3/c1-16-12-13-19(28-16)14-24-25-20(26)15-23-22(27)21(17-8-4-2-5-9-17)18-10-6-3-7-11-18/h2-14,21H,15H2,1H3,(H,23,27)(H,25,26). The topological polar surface area (TPSA) is 83.7 Å². The highest BCUT2D eigenvalue weighted by Gasteiger charge is 2.22. The molecule has 0 saturated heterocycles. The number of benzene rings is 2. The summed E-state index contributed by atoms with van der Waals surface area (Å²) in [5.74, 6) is 0.124. The Hall–Kier alpha value is -3.67. The normalized spacial score (nSPS) is 10.9. The van der Waals surface area contributed by atoms with E-state index in [1.807, 2.05) is 67.6 Å². The lowest BCUT2D eigenvalue weighted by Gasteiger charge is -2.17. The van der Waals surface area contributed by atoms with Crippen molar-refractivity contribution in [2.75, 3.05) is 6.54 Å². The van der Waals surface area contributed by atoms with Crippen molar-refractivity contribution < 1.29 is 14.0 Å². The van der Waals surface area contributed by atoms with Crippen molar-refractivity contribution >= 4 is 18.0 Å². The summed E-state index contributed by atoms with van der Waals surface area (Å²) in [4.78, 5) is 24.8. The number of rotatable bonds is 7. The Morgan fingerprint density at radius 3 is 2.11 bits per heavy atom. The van der Waals surface area contributed by atoms with Gasteiger partial charge >= 0.3 is 0 Å². The number of amides is 2. The summed E-state index contributed by atoms with van der Waals surface area (Å²) in [7, 11) is 0. The fourth-order valence-electron chi connectivity index (χ4n) is 2.79. The molecular formula is C22H21N3O3. The van der Waals surface area contributed by atoms with Gasteiger partial charge in [0.1, 0.15) is 11.5 Å². The molecule has 2 amide bonds. The highest BCUT2D eigenvalue weighted by molar-refractivity contribution is 5.91. The van der Waals surface area contributed by atoms with Gasteiger partial charge in [0.2, 0.25) is 5.91 Å². The van der Waals surface area contributed by atoms with Crippen LogP contribution in [0.25, 0.3) is 0 Å². The number of nitrogens with one attached hydrogen (secondary N) is 2. The molecule has 0 unspecified atom stereocenters. The number of furan rings is 1. The minimum Gasteiger partial charge on any atom is -0.460 e. The number of nitrogens with zero attached hydrogens (tertiary/aromatic N) is 1. The molecule has 0 atom stereocenters. The SMILES string of the molecule is Cc1ccc(C=NNC(=O)CNC(=O)C(c2ccccc2)c2ccccc2)o1. The van der Waals surface area contributed by atoms with E-state index in [9.17, 15) is 9.59 Å². The predicted molar refractivity (Wildman–Crippen MR) is 107 cm³/mol. The van der Waals surface area contributed by atoms with E-state index in [-0.39, 0.29) is 12.5 Å². The predicted octanol–water partition coefficient (Wildman–Crippen LogP) is 2.99. The van der Waals surface area contributed by atoms with Gasteiger partial charge in [0.25, 0.3) is 5.91 Å². The zero-order chi connectivity index (χ0) is 19.8. The van der Waals surface area contributed by atoms with Crippen LogP contribution in [-0.2, 0) is 9.59 Å². The molecule has 6 heteroatoms. The Balaban J connectivity index is 1.61. The first-order chi connectivity index (χ1) is 13.6. The van der Waals surface area contributed by atoms with E-state index in [4.69, 9.17) is 4.42 Å². The third-order valence-electron chi connectivity index (χ3n) is 4.09. The highest BCUT2D eigenvalue weighted by atomic mass is 16.3.